The summed E-state index contributed by atoms with van der Waals surface area (Å²) in [6.07, 6.45) is 6.56. The number of likely N-dealkylation sites (N-methyl/N-ethyl adjacent to an activating group) is 1. The van der Waals surface area contributed by atoms with Gasteiger partial charge >= 0.3 is 0 Å². The van der Waals surface area contributed by atoms with Gasteiger partial charge in [0.15, 0.2) is 0 Å². The van der Waals surface area contributed by atoms with Gasteiger partial charge in [0, 0.05) is 38.1 Å². The van der Waals surface area contributed by atoms with Crippen molar-refractivity contribution in [1.82, 2.24) is 24.5 Å². The molecule has 3 heterocycles. The first kappa shape index (κ1) is 17.5. The minimum atomic E-state index is -0.0683. The third kappa shape index (κ3) is 4.09. The summed E-state index contributed by atoms with van der Waals surface area (Å²) in [5.74, 6) is 0. The summed E-state index contributed by atoms with van der Waals surface area (Å²) in [7, 11) is 2.14. The Bertz CT molecular complexity index is 932. The summed E-state index contributed by atoms with van der Waals surface area (Å²) in [5.41, 5.74) is 2.87. The lowest BCUT2D eigenvalue weighted by Gasteiger charge is -2.22. The molecule has 0 spiro atoms. The topological polar surface area (TPSA) is 59.2 Å². The first-order chi connectivity index (χ1) is 13.2. The number of nitrogens with zero attached hydrogens (tertiary/aromatic N) is 6. The van der Waals surface area contributed by atoms with E-state index in [0.717, 1.165) is 49.5 Å². The minimum Gasteiger partial charge on any atom is -0.369 e. The third-order valence-electron chi connectivity index (χ3n) is 4.98. The number of aromatic nitrogens is 4. The molecule has 0 saturated carbocycles. The quantitative estimate of drug-likeness (QED) is 0.704. The standard InChI is InChI=1S/C20H24N6O/c1-23-9-3-10-24(13-12-23)19-14-20(27)26(22-15-19)16-17-4-6-18(7-5-17)25-11-2-8-21-25/h2,4-8,11,14-15H,3,9-10,12-13,16H2,1H3. The average Bonchev–Trinajstić information content (AvgIpc) is 3.13. The van der Waals surface area contributed by atoms with E-state index in [-0.39, 0.29) is 5.56 Å². The van der Waals surface area contributed by atoms with Crippen LogP contribution >= 0.6 is 0 Å². The van der Waals surface area contributed by atoms with Gasteiger partial charge in [0.25, 0.3) is 5.56 Å². The molecule has 140 valence electrons. The van der Waals surface area contributed by atoms with E-state index in [2.05, 4.69) is 27.0 Å². The average molecular weight is 364 g/mol. The predicted octanol–water partition coefficient (Wildman–Crippen LogP) is 1.62. The highest BCUT2D eigenvalue weighted by Crippen LogP contribution is 2.13. The van der Waals surface area contributed by atoms with Crippen molar-refractivity contribution in [1.29, 1.82) is 0 Å². The second-order valence-electron chi connectivity index (χ2n) is 6.97. The van der Waals surface area contributed by atoms with Crippen molar-refractivity contribution in [3.8, 4) is 5.69 Å². The zero-order valence-corrected chi connectivity index (χ0v) is 15.5. The van der Waals surface area contributed by atoms with E-state index in [4.69, 9.17) is 0 Å². The molecule has 4 rings (SSSR count). The third-order valence-corrected chi connectivity index (χ3v) is 4.98. The van der Waals surface area contributed by atoms with Crippen LogP contribution in [-0.4, -0.2) is 57.7 Å². The Morgan fingerprint density at radius 1 is 1.00 bits per heavy atom. The lowest BCUT2D eigenvalue weighted by molar-refractivity contribution is 0.360. The zero-order valence-electron chi connectivity index (χ0n) is 15.5. The highest BCUT2D eigenvalue weighted by Gasteiger charge is 2.14. The van der Waals surface area contributed by atoms with Crippen molar-refractivity contribution < 1.29 is 0 Å². The fourth-order valence-electron chi connectivity index (χ4n) is 3.37. The van der Waals surface area contributed by atoms with Gasteiger partial charge in [-0.05, 0) is 43.8 Å². The lowest BCUT2D eigenvalue weighted by Crippen LogP contribution is -2.31. The monoisotopic (exact) mass is 364 g/mol. The predicted molar refractivity (Wildman–Crippen MR) is 105 cm³/mol. The van der Waals surface area contributed by atoms with Crippen LogP contribution in [0.3, 0.4) is 0 Å². The maximum absolute atomic E-state index is 12.5. The van der Waals surface area contributed by atoms with E-state index >= 15 is 0 Å². The summed E-state index contributed by atoms with van der Waals surface area (Å²) in [6.45, 7) is 4.45. The highest BCUT2D eigenvalue weighted by molar-refractivity contribution is 5.43. The number of hydrogen-bond donors (Lipinski definition) is 0. The number of hydrogen-bond acceptors (Lipinski definition) is 5. The minimum absolute atomic E-state index is 0.0683. The van der Waals surface area contributed by atoms with Crippen molar-refractivity contribution >= 4 is 5.69 Å². The summed E-state index contributed by atoms with van der Waals surface area (Å²) >= 11 is 0. The fourth-order valence-corrected chi connectivity index (χ4v) is 3.37. The molecule has 0 bridgehead atoms. The molecule has 0 N–H and O–H groups in total. The van der Waals surface area contributed by atoms with Crippen LogP contribution in [0.15, 0.2) is 59.8 Å². The van der Waals surface area contributed by atoms with Gasteiger partial charge in [0.05, 0.1) is 24.1 Å². The van der Waals surface area contributed by atoms with Crippen molar-refractivity contribution in [2.24, 2.45) is 0 Å². The van der Waals surface area contributed by atoms with E-state index in [9.17, 15) is 4.79 Å². The van der Waals surface area contributed by atoms with E-state index in [1.165, 1.54) is 4.68 Å². The van der Waals surface area contributed by atoms with Crippen molar-refractivity contribution in [3.05, 3.63) is 70.9 Å². The van der Waals surface area contributed by atoms with Crippen LogP contribution in [0, 0.1) is 0 Å². The molecular formula is C20H24N6O. The molecule has 1 aliphatic rings. The van der Waals surface area contributed by atoms with Gasteiger partial charge in [-0.25, -0.2) is 9.36 Å². The molecule has 3 aromatic rings. The summed E-state index contributed by atoms with van der Waals surface area (Å²) in [4.78, 5) is 17.1. The second kappa shape index (κ2) is 7.75. The molecule has 27 heavy (non-hydrogen) atoms. The Kier molecular flexibility index (Phi) is 5.02. The molecule has 1 aliphatic heterocycles. The van der Waals surface area contributed by atoms with Crippen molar-refractivity contribution in [3.63, 3.8) is 0 Å². The summed E-state index contributed by atoms with van der Waals surface area (Å²) in [5, 5.41) is 8.62. The molecule has 7 heteroatoms. The van der Waals surface area contributed by atoms with E-state index in [1.807, 2.05) is 47.4 Å². The maximum Gasteiger partial charge on any atom is 0.269 e. The van der Waals surface area contributed by atoms with Gasteiger partial charge in [-0.3, -0.25) is 4.79 Å². The lowest BCUT2D eigenvalue weighted by atomic mass is 10.2. The largest absolute Gasteiger partial charge is 0.369 e. The van der Waals surface area contributed by atoms with Crippen LogP contribution in [-0.2, 0) is 6.54 Å². The SMILES string of the molecule is CN1CCCN(c2cnn(Cc3ccc(-n4cccn4)cc3)c(=O)c2)CC1. The van der Waals surface area contributed by atoms with Gasteiger partial charge in [-0.1, -0.05) is 12.1 Å². The molecule has 0 aliphatic carbocycles. The Hall–Kier alpha value is -2.93. The van der Waals surface area contributed by atoms with Gasteiger partial charge in [-0.2, -0.15) is 10.2 Å². The highest BCUT2D eigenvalue weighted by atomic mass is 16.1. The molecule has 0 unspecified atom stereocenters. The van der Waals surface area contributed by atoms with Crippen LogP contribution in [0.25, 0.3) is 5.69 Å². The van der Waals surface area contributed by atoms with Crippen LogP contribution in [0.1, 0.15) is 12.0 Å². The van der Waals surface area contributed by atoms with Gasteiger partial charge < -0.3 is 9.80 Å². The number of rotatable bonds is 4. The van der Waals surface area contributed by atoms with Crippen LogP contribution in [0.2, 0.25) is 0 Å². The zero-order chi connectivity index (χ0) is 18.6. The number of benzene rings is 1. The van der Waals surface area contributed by atoms with Gasteiger partial charge in [0.1, 0.15) is 0 Å². The molecule has 1 saturated heterocycles. The second-order valence-corrected chi connectivity index (χ2v) is 6.97. The summed E-state index contributed by atoms with van der Waals surface area (Å²) < 4.78 is 3.32. The van der Waals surface area contributed by atoms with Gasteiger partial charge in [-0.15, -0.1) is 0 Å². The normalized spacial score (nSPS) is 15.7. The Morgan fingerprint density at radius 2 is 1.85 bits per heavy atom. The molecule has 0 radical (unpaired) electrons. The van der Waals surface area contributed by atoms with Crippen molar-refractivity contribution in [2.45, 2.75) is 13.0 Å². The van der Waals surface area contributed by atoms with E-state index in [1.54, 1.807) is 12.3 Å². The fraction of sp³-hybridized carbons (Fsp3) is 0.350. The summed E-state index contributed by atoms with van der Waals surface area (Å²) in [6, 6.07) is 11.6. The molecular weight excluding hydrogens is 340 g/mol. The number of anilines is 1. The van der Waals surface area contributed by atoms with E-state index in [0.29, 0.717) is 6.54 Å². The smallest absolute Gasteiger partial charge is 0.269 e. The van der Waals surface area contributed by atoms with E-state index < -0.39 is 0 Å². The Morgan fingerprint density at radius 3 is 2.59 bits per heavy atom. The molecule has 1 fully saturated rings. The van der Waals surface area contributed by atoms with Crippen LogP contribution < -0.4 is 10.5 Å². The molecule has 0 atom stereocenters. The van der Waals surface area contributed by atoms with Crippen LogP contribution in [0.5, 0.6) is 0 Å². The van der Waals surface area contributed by atoms with Gasteiger partial charge in [0.2, 0.25) is 0 Å². The molecule has 7 nitrogen and oxygen atoms in total. The van der Waals surface area contributed by atoms with Crippen molar-refractivity contribution in [2.75, 3.05) is 38.1 Å². The molecule has 2 aromatic heterocycles. The van der Waals surface area contributed by atoms with Crippen LogP contribution in [0.4, 0.5) is 5.69 Å². The Balaban J connectivity index is 1.47. The Labute approximate surface area is 158 Å². The molecule has 0 amide bonds. The first-order valence-corrected chi connectivity index (χ1v) is 9.29. The first-order valence-electron chi connectivity index (χ1n) is 9.29. The maximum atomic E-state index is 12.5. The molecule has 1 aromatic carbocycles.